The van der Waals surface area contributed by atoms with Crippen molar-refractivity contribution in [3.05, 3.63) is 70.3 Å². The Balaban J connectivity index is 1.79. The Morgan fingerprint density at radius 1 is 1.24 bits per heavy atom. The van der Waals surface area contributed by atoms with Crippen LogP contribution < -0.4 is 4.90 Å². The summed E-state index contributed by atoms with van der Waals surface area (Å²) in [6.07, 6.45) is 4.14. The van der Waals surface area contributed by atoms with Gasteiger partial charge in [0, 0.05) is 34.9 Å². The molecule has 0 N–H and O–H groups in total. The largest absolute Gasteiger partial charge is 0.308 e. The molecule has 1 unspecified atom stereocenters. The summed E-state index contributed by atoms with van der Waals surface area (Å²) in [4.78, 5) is 25.9. The van der Waals surface area contributed by atoms with E-state index in [0.29, 0.717) is 11.8 Å². The average Bonchev–Trinajstić information content (AvgIpc) is 2.78. The monoisotopic (exact) mass is 354 g/mol. The van der Waals surface area contributed by atoms with Crippen molar-refractivity contribution in [3.63, 3.8) is 0 Å². The molecule has 6 heteroatoms. The fourth-order valence-corrected chi connectivity index (χ4v) is 3.79. The van der Waals surface area contributed by atoms with E-state index >= 15 is 0 Å². The zero-order valence-corrected chi connectivity index (χ0v) is 14.6. The van der Waals surface area contributed by atoms with Crippen LogP contribution in [0.5, 0.6) is 0 Å². The molecular weight excluding hydrogens is 336 g/mol. The van der Waals surface area contributed by atoms with E-state index in [4.69, 9.17) is 0 Å². The highest BCUT2D eigenvalue weighted by molar-refractivity contribution is 8.00. The van der Waals surface area contributed by atoms with E-state index in [1.807, 2.05) is 24.3 Å². The van der Waals surface area contributed by atoms with Crippen LogP contribution in [0.3, 0.4) is 0 Å². The molecule has 0 aliphatic carbocycles. The number of para-hydroxylation sites is 1. The lowest BCUT2D eigenvalue weighted by Crippen LogP contribution is -2.30. The number of rotatable bonds is 3. The molecule has 1 aliphatic rings. The van der Waals surface area contributed by atoms with Crippen LogP contribution in [0.15, 0.2) is 59.5 Å². The molecule has 1 atom stereocenters. The van der Waals surface area contributed by atoms with Gasteiger partial charge in [0.05, 0.1) is 10.6 Å². The number of non-ortho nitro benzene ring substituents is 1. The van der Waals surface area contributed by atoms with Gasteiger partial charge in [0.1, 0.15) is 0 Å². The third kappa shape index (κ3) is 4.09. The van der Waals surface area contributed by atoms with Gasteiger partial charge in [0.25, 0.3) is 11.6 Å². The number of amides is 1. The smallest absolute Gasteiger partial charge is 0.269 e. The zero-order valence-electron chi connectivity index (χ0n) is 13.8. The Hall–Kier alpha value is -2.60. The van der Waals surface area contributed by atoms with Gasteiger partial charge in [-0.05, 0) is 42.3 Å². The molecule has 5 nitrogen and oxygen atoms in total. The molecule has 1 amide bonds. The number of benzene rings is 2. The molecule has 1 heterocycles. The highest BCUT2D eigenvalue weighted by Crippen LogP contribution is 2.37. The highest BCUT2D eigenvalue weighted by atomic mass is 32.2. The third-order valence-corrected chi connectivity index (χ3v) is 5.27. The van der Waals surface area contributed by atoms with Gasteiger partial charge in [-0.1, -0.05) is 19.1 Å². The lowest BCUT2D eigenvalue weighted by molar-refractivity contribution is -0.384. The number of nitro groups is 1. The topological polar surface area (TPSA) is 63.5 Å². The predicted molar refractivity (Wildman–Crippen MR) is 101 cm³/mol. The summed E-state index contributed by atoms with van der Waals surface area (Å²) in [5.41, 5.74) is 1.73. The molecule has 0 bridgehead atoms. The minimum Gasteiger partial charge on any atom is -0.308 e. The number of fused-ring (bicyclic) bond motifs is 1. The van der Waals surface area contributed by atoms with Crippen molar-refractivity contribution < 1.29 is 9.72 Å². The number of nitro benzene ring substituents is 1. The molecular formula is C19H18N2O3S. The van der Waals surface area contributed by atoms with Crippen LogP contribution in [0.1, 0.15) is 18.9 Å². The molecule has 128 valence electrons. The summed E-state index contributed by atoms with van der Waals surface area (Å²) < 4.78 is 0. The van der Waals surface area contributed by atoms with E-state index in [2.05, 4.69) is 6.92 Å². The van der Waals surface area contributed by atoms with E-state index in [9.17, 15) is 14.9 Å². The number of carbonyl (C=O) groups is 1. The van der Waals surface area contributed by atoms with Crippen LogP contribution in [-0.2, 0) is 4.79 Å². The lowest BCUT2D eigenvalue weighted by Gasteiger charge is -2.20. The lowest BCUT2D eigenvalue weighted by atomic mass is 10.2. The first-order valence-electron chi connectivity index (χ1n) is 8.04. The zero-order chi connectivity index (χ0) is 17.8. The van der Waals surface area contributed by atoms with Crippen LogP contribution in [-0.4, -0.2) is 22.6 Å². The van der Waals surface area contributed by atoms with Crippen LogP contribution in [0.25, 0.3) is 6.08 Å². The first kappa shape index (κ1) is 17.2. The van der Waals surface area contributed by atoms with Crippen molar-refractivity contribution in [2.45, 2.75) is 23.5 Å². The van der Waals surface area contributed by atoms with Crippen LogP contribution in [0.4, 0.5) is 11.4 Å². The van der Waals surface area contributed by atoms with Gasteiger partial charge in [0.15, 0.2) is 0 Å². The summed E-state index contributed by atoms with van der Waals surface area (Å²) in [6, 6.07) is 14.1. The number of hydrogen-bond donors (Lipinski definition) is 0. The van der Waals surface area contributed by atoms with Gasteiger partial charge in [-0.2, -0.15) is 0 Å². The van der Waals surface area contributed by atoms with Crippen molar-refractivity contribution in [1.82, 2.24) is 0 Å². The number of anilines is 1. The Kier molecular flexibility index (Phi) is 5.19. The third-order valence-electron chi connectivity index (χ3n) is 4.03. The molecule has 0 saturated heterocycles. The van der Waals surface area contributed by atoms with Crippen molar-refractivity contribution in [1.29, 1.82) is 0 Å². The van der Waals surface area contributed by atoms with E-state index in [0.717, 1.165) is 22.6 Å². The van der Waals surface area contributed by atoms with Gasteiger partial charge in [0.2, 0.25) is 0 Å². The Morgan fingerprint density at radius 3 is 2.68 bits per heavy atom. The maximum Gasteiger partial charge on any atom is 0.269 e. The summed E-state index contributed by atoms with van der Waals surface area (Å²) >= 11 is 1.79. The van der Waals surface area contributed by atoms with E-state index < -0.39 is 4.92 Å². The normalized spacial score (nSPS) is 17.2. The van der Waals surface area contributed by atoms with Crippen molar-refractivity contribution in [2.75, 3.05) is 11.4 Å². The number of carbonyl (C=O) groups excluding carboxylic acids is 1. The summed E-state index contributed by atoms with van der Waals surface area (Å²) in [7, 11) is 0. The fraction of sp³-hybridized carbons (Fsp3) is 0.211. The van der Waals surface area contributed by atoms with Crippen molar-refractivity contribution >= 4 is 35.1 Å². The summed E-state index contributed by atoms with van der Waals surface area (Å²) in [6.45, 7) is 2.84. The second-order valence-corrected chi connectivity index (χ2v) is 7.34. The van der Waals surface area contributed by atoms with Crippen LogP contribution in [0.2, 0.25) is 0 Å². The predicted octanol–water partition coefficient (Wildman–Crippen LogP) is 4.53. The summed E-state index contributed by atoms with van der Waals surface area (Å²) in [5.74, 6) is -0.0829. The van der Waals surface area contributed by atoms with E-state index in [1.165, 1.54) is 18.2 Å². The number of thioether (sulfide) groups is 1. The molecule has 3 rings (SSSR count). The van der Waals surface area contributed by atoms with Crippen molar-refractivity contribution in [3.8, 4) is 0 Å². The minimum atomic E-state index is -0.439. The molecule has 0 spiro atoms. The molecule has 0 fully saturated rings. The average molecular weight is 354 g/mol. The first-order chi connectivity index (χ1) is 12.0. The summed E-state index contributed by atoms with van der Waals surface area (Å²) in [5, 5.41) is 11.1. The first-order valence-corrected chi connectivity index (χ1v) is 8.92. The van der Waals surface area contributed by atoms with Crippen molar-refractivity contribution in [2.24, 2.45) is 0 Å². The fourth-order valence-electron chi connectivity index (χ4n) is 2.68. The number of nitrogens with zero attached hydrogens (tertiary/aromatic N) is 2. The molecule has 0 radical (unpaired) electrons. The van der Waals surface area contributed by atoms with Gasteiger partial charge in [-0.25, -0.2) is 0 Å². The Bertz CT molecular complexity index is 818. The van der Waals surface area contributed by atoms with Gasteiger partial charge >= 0.3 is 0 Å². The van der Waals surface area contributed by atoms with Gasteiger partial charge in [-0.3, -0.25) is 14.9 Å². The Morgan fingerprint density at radius 2 is 1.96 bits per heavy atom. The molecule has 2 aromatic rings. The highest BCUT2D eigenvalue weighted by Gasteiger charge is 2.22. The molecule has 0 saturated carbocycles. The van der Waals surface area contributed by atoms with Crippen LogP contribution >= 0.6 is 11.8 Å². The molecule has 1 aliphatic heterocycles. The SMILES string of the molecule is CC1CCN(C(=O)C=Cc2ccc([N+](=O)[O-])cc2)c2ccccc2S1. The molecule has 2 aromatic carbocycles. The van der Waals surface area contributed by atoms with E-state index in [1.54, 1.807) is 34.9 Å². The van der Waals surface area contributed by atoms with Crippen LogP contribution in [0, 0.1) is 10.1 Å². The second kappa shape index (κ2) is 7.53. The quantitative estimate of drug-likeness (QED) is 0.462. The minimum absolute atomic E-state index is 0.0379. The number of hydrogen-bond acceptors (Lipinski definition) is 4. The standard InChI is InChI=1S/C19H18N2O3S/c1-14-12-13-20(17-4-2-3-5-18(17)25-14)19(22)11-8-15-6-9-16(10-7-15)21(23)24/h2-11,14H,12-13H2,1H3. The molecule has 0 aromatic heterocycles. The second-order valence-electron chi connectivity index (χ2n) is 5.86. The Labute approximate surface area is 150 Å². The maximum absolute atomic E-state index is 12.7. The van der Waals surface area contributed by atoms with Gasteiger partial charge < -0.3 is 4.90 Å². The molecule has 25 heavy (non-hydrogen) atoms. The van der Waals surface area contributed by atoms with Gasteiger partial charge in [-0.15, -0.1) is 11.8 Å². The maximum atomic E-state index is 12.7. The van der Waals surface area contributed by atoms with E-state index in [-0.39, 0.29) is 11.6 Å².